The van der Waals surface area contributed by atoms with Crippen molar-refractivity contribution < 1.29 is 4.79 Å². The van der Waals surface area contributed by atoms with E-state index in [2.05, 4.69) is 25.6 Å². The maximum Gasteiger partial charge on any atom is 0.277 e. The van der Waals surface area contributed by atoms with Crippen molar-refractivity contribution in [3.63, 3.8) is 0 Å². The zero-order chi connectivity index (χ0) is 13.2. The fraction of sp³-hybridized carbons (Fsp3) is 0.333. The van der Waals surface area contributed by atoms with Crippen LogP contribution in [0.4, 0.5) is 10.9 Å². The molecule has 1 saturated carbocycles. The highest BCUT2D eigenvalue weighted by atomic mass is 32.1. The van der Waals surface area contributed by atoms with Crippen LogP contribution in [0, 0.1) is 0 Å². The Labute approximate surface area is 114 Å². The normalized spacial score (nSPS) is 14.2. The fourth-order valence-corrected chi connectivity index (χ4v) is 2.45. The number of aromatic nitrogens is 3. The number of hydrogen-bond donors (Lipinski definition) is 2. The molecule has 2 heterocycles. The van der Waals surface area contributed by atoms with Crippen LogP contribution in [0.25, 0.3) is 0 Å². The highest BCUT2D eigenvalue weighted by Crippen LogP contribution is 2.40. The molecular weight excluding hydrogens is 262 g/mol. The lowest BCUT2D eigenvalue weighted by molar-refractivity contribution is 0.102. The van der Waals surface area contributed by atoms with Crippen LogP contribution in [-0.4, -0.2) is 27.9 Å². The Morgan fingerprint density at radius 3 is 2.95 bits per heavy atom. The highest BCUT2D eigenvalue weighted by molar-refractivity contribution is 7.14. The van der Waals surface area contributed by atoms with Crippen molar-refractivity contribution in [1.82, 2.24) is 15.0 Å². The molecule has 6 nitrogen and oxygen atoms in total. The molecule has 2 N–H and O–H groups in total. The summed E-state index contributed by atoms with van der Waals surface area (Å²) in [6.45, 7) is 0. The van der Waals surface area contributed by atoms with Crippen LogP contribution in [0.5, 0.6) is 0 Å². The van der Waals surface area contributed by atoms with Crippen LogP contribution in [0.1, 0.15) is 34.9 Å². The van der Waals surface area contributed by atoms with Gasteiger partial charge in [0.05, 0.1) is 18.1 Å². The minimum atomic E-state index is -0.290. The van der Waals surface area contributed by atoms with Gasteiger partial charge < -0.3 is 5.32 Å². The monoisotopic (exact) mass is 275 g/mol. The molecule has 3 rings (SSSR count). The Balaban J connectivity index is 1.72. The van der Waals surface area contributed by atoms with Gasteiger partial charge in [-0.05, 0) is 12.8 Å². The molecule has 2 aromatic rings. The van der Waals surface area contributed by atoms with Gasteiger partial charge in [0.1, 0.15) is 11.5 Å². The average Bonchev–Trinajstić information content (AvgIpc) is 3.19. The fourth-order valence-electron chi connectivity index (χ4n) is 1.67. The number of thiazole rings is 1. The first-order valence-electron chi connectivity index (χ1n) is 6.03. The molecule has 1 amide bonds. The summed E-state index contributed by atoms with van der Waals surface area (Å²) in [7, 11) is 1.73. The van der Waals surface area contributed by atoms with Gasteiger partial charge >= 0.3 is 0 Å². The molecular formula is C12H13N5OS. The van der Waals surface area contributed by atoms with E-state index in [9.17, 15) is 4.79 Å². The van der Waals surface area contributed by atoms with Crippen molar-refractivity contribution >= 4 is 28.2 Å². The molecule has 0 spiro atoms. The Kier molecular flexibility index (Phi) is 3.12. The number of rotatable bonds is 4. The third-order valence-corrected chi connectivity index (χ3v) is 3.64. The van der Waals surface area contributed by atoms with Gasteiger partial charge in [-0.2, -0.15) is 0 Å². The Hall–Kier alpha value is -2.02. The van der Waals surface area contributed by atoms with E-state index >= 15 is 0 Å². The average molecular weight is 275 g/mol. The van der Waals surface area contributed by atoms with E-state index < -0.39 is 0 Å². The van der Waals surface area contributed by atoms with Crippen molar-refractivity contribution in [1.29, 1.82) is 0 Å². The number of carbonyl (C=O) groups is 1. The lowest BCUT2D eigenvalue weighted by Crippen LogP contribution is -2.14. The predicted octanol–water partition coefficient (Wildman–Crippen LogP) is 2.10. The summed E-state index contributed by atoms with van der Waals surface area (Å²) in [5.41, 5.74) is 1.35. The number of hydrogen-bond acceptors (Lipinski definition) is 6. The van der Waals surface area contributed by atoms with Crippen LogP contribution >= 0.6 is 11.3 Å². The minimum Gasteiger partial charge on any atom is -0.372 e. The lowest BCUT2D eigenvalue weighted by atomic mass is 10.3. The molecule has 0 aromatic carbocycles. The Bertz CT molecular complexity index is 608. The summed E-state index contributed by atoms with van der Waals surface area (Å²) in [6.07, 6.45) is 5.40. The summed E-state index contributed by atoms with van der Waals surface area (Å²) < 4.78 is 0. The summed E-state index contributed by atoms with van der Waals surface area (Å²) in [4.78, 5) is 24.5. The minimum absolute atomic E-state index is 0.273. The number of amides is 1. The molecule has 2 aromatic heterocycles. The molecule has 7 heteroatoms. The van der Waals surface area contributed by atoms with Gasteiger partial charge in [-0.3, -0.25) is 15.1 Å². The van der Waals surface area contributed by atoms with Crippen molar-refractivity contribution in [2.45, 2.75) is 18.8 Å². The number of nitrogens with zero attached hydrogens (tertiary/aromatic N) is 3. The second kappa shape index (κ2) is 4.93. The summed E-state index contributed by atoms with van der Waals surface area (Å²) in [5.74, 6) is 0.862. The van der Waals surface area contributed by atoms with Gasteiger partial charge in [0, 0.05) is 18.3 Å². The number of anilines is 2. The second-order valence-corrected chi connectivity index (χ2v) is 5.20. The van der Waals surface area contributed by atoms with Gasteiger partial charge in [-0.1, -0.05) is 0 Å². The molecule has 0 aliphatic heterocycles. The molecule has 98 valence electrons. The molecule has 0 bridgehead atoms. The lowest BCUT2D eigenvalue weighted by Gasteiger charge is -2.02. The summed E-state index contributed by atoms with van der Waals surface area (Å²) in [5, 5.41) is 8.21. The maximum atomic E-state index is 12.0. The van der Waals surface area contributed by atoms with Crippen molar-refractivity contribution in [2.24, 2.45) is 0 Å². The molecule has 1 aliphatic carbocycles. The molecule has 0 atom stereocenters. The first-order chi connectivity index (χ1) is 9.26. The summed E-state index contributed by atoms with van der Waals surface area (Å²) in [6, 6.07) is 0. The Morgan fingerprint density at radius 2 is 2.21 bits per heavy atom. The number of carbonyl (C=O) groups excluding carboxylic acids is 1. The van der Waals surface area contributed by atoms with Crippen molar-refractivity contribution in [3.05, 3.63) is 29.2 Å². The molecule has 19 heavy (non-hydrogen) atoms. The van der Waals surface area contributed by atoms with Gasteiger partial charge in [0.15, 0.2) is 5.13 Å². The Morgan fingerprint density at radius 1 is 1.37 bits per heavy atom. The van der Waals surface area contributed by atoms with Crippen molar-refractivity contribution in [3.8, 4) is 0 Å². The van der Waals surface area contributed by atoms with Gasteiger partial charge in [0.2, 0.25) is 0 Å². The topological polar surface area (TPSA) is 79.8 Å². The highest BCUT2D eigenvalue weighted by Gasteiger charge is 2.26. The van der Waals surface area contributed by atoms with E-state index in [0.29, 0.717) is 16.9 Å². The third kappa shape index (κ3) is 2.70. The van der Waals surface area contributed by atoms with E-state index in [-0.39, 0.29) is 11.6 Å². The smallest absolute Gasteiger partial charge is 0.277 e. The first-order valence-corrected chi connectivity index (χ1v) is 6.91. The van der Waals surface area contributed by atoms with E-state index in [1.807, 2.05) is 5.38 Å². The van der Waals surface area contributed by atoms with E-state index in [0.717, 1.165) is 5.69 Å². The molecule has 1 aliphatic rings. The standard InChI is InChI=1S/C12H13N5OS/c1-13-10-5-14-4-8(15-10)11(18)17-12-16-9(6-19-12)7-2-3-7/h4-7H,2-3H2,1H3,(H,13,15)(H,16,17,18). The largest absolute Gasteiger partial charge is 0.372 e. The van der Waals surface area contributed by atoms with Crippen LogP contribution in [0.2, 0.25) is 0 Å². The van der Waals surface area contributed by atoms with E-state index in [1.54, 1.807) is 13.2 Å². The quantitative estimate of drug-likeness (QED) is 0.893. The molecule has 1 fully saturated rings. The predicted molar refractivity (Wildman–Crippen MR) is 73.6 cm³/mol. The van der Waals surface area contributed by atoms with E-state index in [1.165, 1.54) is 30.4 Å². The molecule has 0 unspecified atom stereocenters. The summed E-state index contributed by atoms with van der Waals surface area (Å²) >= 11 is 1.44. The van der Waals surface area contributed by atoms with E-state index in [4.69, 9.17) is 0 Å². The third-order valence-electron chi connectivity index (χ3n) is 2.86. The van der Waals surface area contributed by atoms with Crippen LogP contribution in [0.15, 0.2) is 17.8 Å². The first kappa shape index (κ1) is 12.0. The zero-order valence-corrected chi connectivity index (χ0v) is 11.2. The number of nitrogens with one attached hydrogen (secondary N) is 2. The van der Waals surface area contributed by atoms with Gasteiger partial charge in [0.25, 0.3) is 5.91 Å². The zero-order valence-electron chi connectivity index (χ0n) is 10.4. The molecule has 0 saturated heterocycles. The SMILES string of the molecule is CNc1cncc(C(=O)Nc2nc(C3CC3)cs2)n1. The van der Waals surface area contributed by atoms with Gasteiger partial charge in [-0.15, -0.1) is 11.3 Å². The van der Waals surface area contributed by atoms with Crippen LogP contribution in [-0.2, 0) is 0 Å². The van der Waals surface area contributed by atoms with Crippen molar-refractivity contribution in [2.75, 3.05) is 17.7 Å². The second-order valence-electron chi connectivity index (χ2n) is 4.35. The van der Waals surface area contributed by atoms with Gasteiger partial charge in [-0.25, -0.2) is 9.97 Å². The van der Waals surface area contributed by atoms with Crippen LogP contribution in [0.3, 0.4) is 0 Å². The molecule has 0 radical (unpaired) electrons. The maximum absolute atomic E-state index is 12.0. The van der Waals surface area contributed by atoms with Crippen LogP contribution < -0.4 is 10.6 Å².